The average molecular weight is 278 g/mol. The van der Waals surface area contributed by atoms with Crippen LogP contribution in [-0.2, 0) is 4.74 Å². The van der Waals surface area contributed by atoms with E-state index in [1.165, 1.54) is 0 Å². The monoisotopic (exact) mass is 278 g/mol. The van der Waals surface area contributed by atoms with Crippen molar-refractivity contribution in [2.45, 2.75) is 50.4 Å². The SMILES string of the molecule is COc1ccc2c(c1)OC1(CCOC(C)(C)C1)CC2O. The van der Waals surface area contributed by atoms with Gasteiger partial charge in [0.15, 0.2) is 0 Å². The number of benzene rings is 1. The smallest absolute Gasteiger partial charge is 0.129 e. The minimum absolute atomic E-state index is 0.214. The minimum Gasteiger partial charge on any atom is -0.497 e. The Morgan fingerprint density at radius 3 is 2.85 bits per heavy atom. The van der Waals surface area contributed by atoms with E-state index in [2.05, 4.69) is 13.8 Å². The van der Waals surface area contributed by atoms with Crippen LogP contribution in [0.15, 0.2) is 18.2 Å². The molecule has 1 aromatic carbocycles. The molecule has 2 aliphatic rings. The summed E-state index contributed by atoms with van der Waals surface area (Å²) in [5.74, 6) is 1.49. The van der Waals surface area contributed by atoms with Gasteiger partial charge in [0.25, 0.3) is 0 Å². The number of ether oxygens (including phenoxy) is 3. The lowest BCUT2D eigenvalue weighted by molar-refractivity contribution is -0.151. The highest BCUT2D eigenvalue weighted by Gasteiger charge is 2.47. The van der Waals surface area contributed by atoms with Gasteiger partial charge >= 0.3 is 0 Å². The summed E-state index contributed by atoms with van der Waals surface area (Å²) in [6, 6.07) is 5.61. The predicted octanol–water partition coefficient (Wildman–Crippen LogP) is 2.84. The van der Waals surface area contributed by atoms with Crippen molar-refractivity contribution in [3.8, 4) is 11.5 Å². The predicted molar refractivity (Wildman–Crippen MR) is 75.2 cm³/mol. The van der Waals surface area contributed by atoms with Crippen LogP contribution in [0.3, 0.4) is 0 Å². The first kappa shape index (κ1) is 13.7. The van der Waals surface area contributed by atoms with Gasteiger partial charge < -0.3 is 19.3 Å². The maximum atomic E-state index is 10.5. The van der Waals surface area contributed by atoms with Crippen LogP contribution in [0.5, 0.6) is 11.5 Å². The van der Waals surface area contributed by atoms with Gasteiger partial charge in [-0.3, -0.25) is 0 Å². The topological polar surface area (TPSA) is 47.9 Å². The summed E-state index contributed by atoms with van der Waals surface area (Å²) >= 11 is 0. The van der Waals surface area contributed by atoms with Gasteiger partial charge in [0.1, 0.15) is 17.1 Å². The molecular formula is C16H22O4. The summed E-state index contributed by atoms with van der Waals surface area (Å²) < 4.78 is 17.3. The van der Waals surface area contributed by atoms with Gasteiger partial charge in [-0.1, -0.05) is 0 Å². The Kier molecular flexibility index (Phi) is 3.18. The molecule has 0 amide bonds. The molecule has 4 nitrogen and oxygen atoms in total. The zero-order chi connectivity index (χ0) is 14.4. The number of rotatable bonds is 1. The first-order chi connectivity index (χ1) is 9.43. The van der Waals surface area contributed by atoms with Crippen LogP contribution in [0.25, 0.3) is 0 Å². The Balaban J connectivity index is 1.94. The average Bonchev–Trinajstić information content (AvgIpc) is 2.36. The number of aliphatic hydroxyl groups is 1. The fourth-order valence-corrected chi connectivity index (χ4v) is 3.43. The van der Waals surface area contributed by atoms with Gasteiger partial charge in [0, 0.05) is 30.9 Å². The van der Waals surface area contributed by atoms with E-state index in [0.29, 0.717) is 13.0 Å². The second-order valence-electron chi connectivity index (χ2n) is 6.44. The van der Waals surface area contributed by atoms with E-state index in [1.807, 2.05) is 18.2 Å². The van der Waals surface area contributed by atoms with Gasteiger partial charge in [-0.05, 0) is 26.0 Å². The zero-order valence-corrected chi connectivity index (χ0v) is 12.3. The third-order valence-corrected chi connectivity index (χ3v) is 4.27. The summed E-state index contributed by atoms with van der Waals surface area (Å²) in [5.41, 5.74) is 0.301. The van der Waals surface area contributed by atoms with E-state index in [4.69, 9.17) is 14.2 Å². The van der Waals surface area contributed by atoms with E-state index in [9.17, 15) is 5.11 Å². The Morgan fingerprint density at radius 1 is 1.35 bits per heavy atom. The fraction of sp³-hybridized carbons (Fsp3) is 0.625. The molecule has 1 aromatic rings. The quantitative estimate of drug-likeness (QED) is 0.858. The highest BCUT2D eigenvalue weighted by molar-refractivity contribution is 5.44. The fourth-order valence-electron chi connectivity index (χ4n) is 3.43. The van der Waals surface area contributed by atoms with Crippen LogP contribution in [0.4, 0.5) is 0 Å². The van der Waals surface area contributed by atoms with Crippen LogP contribution in [0.1, 0.15) is 44.8 Å². The van der Waals surface area contributed by atoms with Crippen LogP contribution in [-0.4, -0.2) is 30.0 Å². The van der Waals surface area contributed by atoms with Crippen LogP contribution in [0, 0.1) is 0 Å². The lowest BCUT2D eigenvalue weighted by Gasteiger charge is -2.48. The molecule has 1 N–H and O–H groups in total. The van der Waals surface area contributed by atoms with Crippen molar-refractivity contribution in [2.24, 2.45) is 0 Å². The van der Waals surface area contributed by atoms with Gasteiger partial charge in [-0.15, -0.1) is 0 Å². The number of fused-ring (bicyclic) bond motifs is 1. The largest absolute Gasteiger partial charge is 0.497 e. The third kappa shape index (κ3) is 2.38. The summed E-state index contributed by atoms with van der Waals surface area (Å²) in [7, 11) is 1.63. The van der Waals surface area contributed by atoms with Crippen molar-refractivity contribution >= 4 is 0 Å². The highest BCUT2D eigenvalue weighted by Crippen LogP contribution is 2.47. The van der Waals surface area contributed by atoms with E-state index in [0.717, 1.165) is 29.9 Å². The molecule has 20 heavy (non-hydrogen) atoms. The van der Waals surface area contributed by atoms with E-state index >= 15 is 0 Å². The molecule has 1 fully saturated rings. The first-order valence-corrected chi connectivity index (χ1v) is 7.12. The minimum atomic E-state index is -0.487. The molecule has 0 aromatic heterocycles. The molecular weight excluding hydrogens is 256 g/mol. The Bertz CT molecular complexity index is 511. The van der Waals surface area contributed by atoms with Gasteiger partial charge in [-0.2, -0.15) is 0 Å². The third-order valence-electron chi connectivity index (χ3n) is 4.27. The molecule has 2 atom stereocenters. The summed E-state index contributed by atoms with van der Waals surface area (Å²) in [5, 5.41) is 10.5. The zero-order valence-electron chi connectivity index (χ0n) is 12.3. The Hall–Kier alpha value is -1.26. The molecule has 1 spiro atoms. The Morgan fingerprint density at radius 2 is 2.15 bits per heavy atom. The molecule has 4 heteroatoms. The van der Waals surface area contributed by atoms with E-state index < -0.39 is 6.10 Å². The highest BCUT2D eigenvalue weighted by atomic mass is 16.5. The van der Waals surface area contributed by atoms with Crippen molar-refractivity contribution in [3.63, 3.8) is 0 Å². The second-order valence-corrected chi connectivity index (χ2v) is 6.44. The summed E-state index contributed by atoms with van der Waals surface area (Å²) in [6.45, 7) is 4.81. The van der Waals surface area contributed by atoms with Crippen LogP contribution in [0.2, 0.25) is 0 Å². The van der Waals surface area contributed by atoms with Gasteiger partial charge in [0.2, 0.25) is 0 Å². The molecule has 110 valence electrons. The Labute approximate surface area is 119 Å². The van der Waals surface area contributed by atoms with Crippen LogP contribution < -0.4 is 9.47 Å². The summed E-state index contributed by atoms with van der Waals surface area (Å²) in [6.07, 6.45) is 1.73. The van der Waals surface area contributed by atoms with Crippen molar-refractivity contribution in [3.05, 3.63) is 23.8 Å². The van der Waals surface area contributed by atoms with Crippen molar-refractivity contribution in [1.29, 1.82) is 0 Å². The number of aliphatic hydroxyl groups excluding tert-OH is 1. The van der Waals surface area contributed by atoms with E-state index in [-0.39, 0.29) is 11.2 Å². The van der Waals surface area contributed by atoms with E-state index in [1.54, 1.807) is 7.11 Å². The van der Waals surface area contributed by atoms with Crippen LogP contribution >= 0.6 is 0 Å². The molecule has 0 bridgehead atoms. The summed E-state index contributed by atoms with van der Waals surface area (Å²) in [4.78, 5) is 0. The number of hydrogen-bond donors (Lipinski definition) is 1. The van der Waals surface area contributed by atoms with Gasteiger partial charge in [-0.25, -0.2) is 0 Å². The maximum Gasteiger partial charge on any atom is 0.129 e. The lowest BCUT2D eigenvalue weighted by Crippen LogP contribution is -2.51. The molecule has 2 aliphatic heterocycles. The standard InChI is InChI=1S/C16H22O4/c1-15(2)10-16(6-7-19-15)9-13(17)12-5-4-11(18-3)8-14(12)20-16/h4-5,8,13,17H,6-7,9-10H2,1-3H3. The van der Waals surface area contributed by atoms with Gasteiger partial charge in [0.05, 0.1) is 25.4 Å². The first-order valence-electron chi connectivity index (χ1n) is 7.12. The molecule has 3 rings (SSSR count). The molecule has 0 saturated carbocycles. The van der Waals surface area contributed by atoms with Crippen molar-refractivity contribution in [1.82, 2.24) is 0 Å². The molecule has 2 unspecified atom stereocenters. The molecule has 0 aliphatic carbocycles. The van der Waals surface area contributed by atoms with Crippen molar-refractivity contribution < 1.29 is 19.3 Å². The number of hydrogen-bond acceptors (Lipinski definition) is 4. The lowest BCUT2D eigenvalue weighted by atomic mass is 9.77. The second kappa shape index (κ2) is 4.64. The number of methoxy groups -OCH3 is 1. The molecule has 2 heterocycles. The normalized spacial score (nSPS) is 31.5. The maximum absolute atomic E-state index is 10.5. The van der Waals surface area contributed by atoms with Crippen molar-refractivity contribution in [2.75, 3.05) is 13.7 Å². The molecule has 1 saturated heterocycles. The molecule has 0 radical (unpaired) electrons.